The Morgan fingerprint density at radius 2 is 1.62 bits per heavy atom. The summed E-state index contributed by atoms with van der Waals surface area (Å²) in [5.41, 5.74) is 11.1. The van der Waals surface area contributed by atoms with E-state index in [0.717, 1.165) is 27.4 Å². The summed E-state index contributed by atoms with van der Waals surface area (Å²) in [6.07, 6.45) is 0. The maximum Gasteiger partial charge on any atom is 0.0441 e. The lowest BCUT2D eigenvalue weighted by Gasteiger charge is -2.08. The van der Waals surface area contributed by atoms with Crippen molar-refractivity contribution in [2.75, 3.05) is 5.73 Å². The fraction of sp³-hybridized carbons (Fsp3) is 0.143. The molecule has 0 aromatic heterocycles. The Morgan fingerprint density at radius 1 is 0.938 bits per heavy atom. The topological polar surface area (TPSA) is 26.0 Å². The van der Waals surface area contributed by atoms with Crippen molar-refractivity contribution >= 4 is 17.3 Å². The number of hydrogen-bond donors (Lipinski definition) is 1. The van der Waals surface area contributed by atoms with E-state index in [1.807, 2.05) is 37.3 Å². The van der Waals surface area contributed by atoms with Crippen molar-refractivity contribution in [1.82, 2.24) is 0 Å². The molecule has 0 spiro atoms. The minimum Gasteiger partial charge on any atom is -0.399 e. The molecule has 0 aliphatic rings. The van der Waals surface area contributed by atoms with Gasteiger partial charge in [0, 0.05) is 10.7 Å². The summed E-state index contributed by atoms with van der Waals surface area (Å²) < 4.78 is 0. The summed E-state index contributed by atoms with van der Waals surface area (Å²) >= 11 is 6.12. The molecule has 0 unspecified atom stereocenters. The highest BCUT2D eigenvalue weighted by atomic mass is 35.5. The second-order valence-corrected chi connectivity index (χ2v) is 4.45. The van der Waals surface area contributed by atoms with Crippen molar-refractivity contribution in [3.8, 4) is 11.1 Å². The molecule has 0 atom stereocenters. The number of rotatable bonds is 1. The Bertz CT molecular complexity index is 532. The van der Waals surface area contributed by atoms with Crippen LogP contribution in [0.3, 0.4) is 0 Å². The molecule has 0 fully saturated rings. The van der Waals surface area contributed by atoms with Crippen LogP contribution < -0.4 is 5.73 Å². The highest BCUT2D eigenvalue weighted by Gasteiger charge is 2.04. The van der Waals surface area contributed by atoms with E-state index in [1.165, 1.54) is 5.56 Å². The van der Waals surface area contributed by atoms with Gasteiger partial charge in [0.1, 0.15) is 0 Å². The normalized spacial score (nSPS) is 10.4. The van der Waals surface area contributed by atoms with Gasteiger partial charge < -0.3 is 5.73 Å². The molecular weight excluding hydrogens is 218 g/mol. The smallest absolute Gasteiger partial charge is 0.0441 e. The third-order valence-electron chi connectivity index (χ3n) is 2.74. The second-order valence-electron chi connectivity index (χ2n) is 4.04. The maximum absolute atomic E-state index is 6.12. The lowest BCUT2D eigenvalue weighted by Crippen LogP contribution is -1.89. The third kappa shape index (κ3) is 2.05. The zero-order chi connectivity index (χ0) is 11.7. The van der Waals surface area contributed by atoms with Crippen molar-refractivity contribution in [2.45, 2.75) is 13.8 Å². The Hall–Kier alpha value is -1.47. The van der Waals surface area contributed by atoms with E-state index in [2.05, 4.69) is 13.0 Å². The van der Waals surface area contributed by atoms with E-state index >= 15 is 0 Å². The highest BCUT2D eigenvalue weighted by Crippen LogP contribution is 2.29. The van der Waals surface area contributed by atoms with E-state index in [-0.39, 0.29) is 0 Å². The van der Waals surface area contributed by atoms with E-state index in [0.29, 0.717) is 0 Å². The van der Waals surface area contributed by atoms with Crippen LogP contribution in [0, 0.1) is 13.8 Å². The Balaban J connectivity index is 2.58. The molecule has 2 heteroatoms. The van der Waals surface area contributed by atoms with Crippen molar-refractivity contribution in [2.24, 2.45) is 0 Å². The van der Waals surface area contributed by atoms with Gasteiger partial charge in [-0.1, -0.05) is 29.8 Å². The fourth-order valence-corrected chi connectivity index (χ4v) is 1.89. The first-order valence-electron chi connectivity index (χ1n) is 5.20. The zero-order valence-corrected chi connectivity index (χ0v) is 10.2. The molecular formula is C14H14ClN. The van der Waals surface area contributed by atoms with Crippen LogP contribution in [0.1, 0.15) is 11.1 Å². The van der Waals surface area contributed by atoms with Crippen LogP contribution in [0.4, 0.5) is 5.69 Å². The van der Waals surface area contributed by atoms with Crippen LogP contribution in [0.5, 0.6) is 0 Å². The average Bonchev–Trinajstić information content (AvgIpc) is 2.26. The molecule has 0 aliphatic heterocycles. The van der Waals surface area contributed by atoms with Crippen molar-refractivity contribution in [3.05, 3.63) is 52.5 Å². The molecule has 0 heterocycles. The van der Waals surface area contributed by atoms with Crippen molar-refractivity contribution in [3.63, 3.8) is 0 Å². The molecule has 0 amide bonds. The number of anilines is 1. The van der Waals surface area contributed by atoms with Gasteiger partial charge in [-0.3, -0.25) is 0 Å². The van der Waals surface area contributed by atoms with Crippen LogP contribution in [0.15, 0.2) is 36.4 Å². The third-order valence-corrected chi connectivity index (χ3v) is 3.15. The van der Waals surface area contributed by atoms with Crippen LogP contribution >= 0.6 is 11.6 Å². The number of nitrogen functional groups attached to an aromatic ring is 1. The quantitative estimate of drug-likeness (QED) is 0.732. The van der Waals surface area contributed by atoms with Gasteiger partial charge in [-0.2, -0.15) is 0 Å². The van der Waals surface area contributed by atoms with E-state index in [9.17, 15) is 0 Å². The number of benzene rings is 2. The molecule has 2 rings (SSSR count). The lowest BCUT2D eigenvalue weighted by molar-refractivity contribution is 1.43. The first-order valence-corrected chi connectivity index (χ1v) is 5.58. The van der Waals surface area contributed by atoms with E-state index in [4.69, 9.17) is 17.3 Å². The summed E-state index contributed by atoms with van der Waals surface area (Å²) in [4.78, 5) is 0. The van der Waals surface area contributed by atoms with Crippen LogP contribution in [0.25, 0.3) is 11.1 Å². The number of halogens is 1. The molecule has 2 N–H and O–H groups in total. The van der Waals surface area contributed by atoms with Gasteiger partial charge in [-0.25, -0.2) is 0 Å². The molecule has 0 saturated carbocycles. The molecule has 2 aromatic carbocycles. The van der Waals surface area contributed by atoms with Gasteiger partial charge in [0.2, 0.25) is 0 Å². The van der Waals surface area contributed by atoms with Gasteiger partial charge in [0.25, 0.3) is 0 Å². The molecule has 16 heavy (non-hydrogen) atoms. The Kier molecular flexibility index (Phi) is 2.88. The van der Waals surface area contributed by atoms with Crippen LogP contribution in [0.2, 0.25) is 5.02 Å². The standard InChI is InChI=1S/C14H14ClN/c1-9-4-6-12(16)8-13(9)11-5-3-10(2)14(15)7-11/h3-8H,16H2,1-2H3. The minimum absolute atomic E-state index is 0.775. The lowest BCUT2D eigenvalue weighted by atomic mass is 9.99. The molecule has 0 aliphatic carbocycles. The summed E-state index contributed by atoms with van der Waals surface area (Å²) in [5.74, 6) is 0. The minimum atomic E-state index is 0.775. The summed E-state index contributed by atoms with van der Waals surface area (Å²) in [6, 6.07) is 12.0. The number of aryl methyl sites for hydroxylation is 2. The van der Waals surface area contributed by atoms with Gasteiger partial charge >= 0.3 is 0 Å². The Morgan fingerprint density at radius 3 is 2.31 bits per heavy atom. The molecule has 2 aromatic rings. The highest BCUT2D eigenvalue weighted by molar-refractivity contribution is 6.31. The second kappa shape index (κ2) is 4.18. The molecule has 1 nitrogen and oxygen atoms in total. The van der Waals surface area contributed by atoms with Crippen LogP contribution in [-0.2, 0) is 0 Å². The van der Waals surface area contributed by atoms with Gasteiger partial charge in [0.05, 0.1) is 0 Å². The summed E-state index contributed by atoms with van der Waals surface area (Å²) in [6.45, 7) is 4.07. The first kappa shape index (κ1) is 11.0. The maximum atomic E-state index is 6.12. The summed E-state index contributed by atoms with van der Waals surface area (Å²) in [7, 11) is 0. The predicted molar refractivity (Wildman–Crippen MR) is 70.8 cm³/mol. The fourth-order valence-electron chi connectivity index (χ4n) is 1.71. The predicted octanol–water partition coefficient (Wildman–Crippen LogP) is 4.21. The average molecular weight is 232 g/mol. The molecule has 82 valence electrons. The SMILES string of the molecule is Cc1ccc(-c2cc(N)ccc2C)cc1Cl. The number of hydrogen-bond acceptors (Lipinski definition) is 1. The van der Waals surface area contributed by atoms with Crippen molar-refractivity contribution < 1.29 is 0 Å². The largest absolute Gasteiger partial charge is 0.399 e. The monoisotopic (exact) mass is 231 g/mol. The van der Waals surface area contributed by atoms with Gasteiger partial charge in [-0.15, -0.1) is 0 Å². The van der Waals surface area contributed by atoms with E-state index < -0.39 is 0 Å². The Labute approximate surface area is 101 Å². The van der Waals surface area contributed by atoms with Crippen LogP contribution in [-0.4, -0.2) is 0 Å². The molecule has 0 bridgehead atoms. The molecule has 0 radical (unpaired) electrons. The van der Waals surface area contributed by atoms with Gasteiger partial charge in [-0.05, 0) is 54.3 Å². The van der Waals surface area contributed by atoms with Crippen molar-refractivity contribution in [1.29, 1.82) is 0 Å². The first-order chi connectivity index (χ1) is 7.58. The van der Waals surface area contributed by atoms with E-state index in [1.54, 1.807) is 0 Å². The summed E-state index contributed by atoms with van der Waals surface area (Å²) in [5, 5.41) is 0.791. The molecule has 0 saturated heterocycles. The van der Waals surface area contributed by atoms with Gasteiger partial charge in [0.15, 0.2) is 0 Å². The number of nitrogens with two attached hydrogens (primary N) is 1. The zero-order valence-electron chi connectivity index (χ0n) is 9.42.